The van der Waals surface area contributed by atoms with Crippen LogP contribution in [-0.2, 0) is 6.42 Å². The first-order valence-corrected chi connectivity index (χ1v) is 11.1. The molecule has 0 aliphatic heterocycles. The molecule has 0 bridgehead atoms. The third-order valence-corrected chi connectivity index (χ3v) is 5.82. The van der Waals surface area contributed by atoms with E-state index < -0.39 is 5.97 Å². The molecule has 3 rings (SSSR count). The zero-order chi connectivity index (χ0) is 20.1. The normalized spacial score (nSPS) is 11.4. The van der Waals surface area contributed by atoms with E-state index in [1.54, 1.807) is 17.8 Å². The van der Waals surface area contributed by atoms with Crippen molar-refractivity contribution in [1.29, 1.82) is 0 Å². The van der Waals surface area contributed by atoms with Crippen molar-refractivity contribution in [2.24, 2.45) is 0 Å². The van der Waals surface area contributed by atoms with Gasteiger partial charge in [0.1, 0.15) is 5.58 Å². The number of carbonyl (C=O) groups is 1. The highest BCUT2D eigenvalue weighted by molar-refractivity contribution is 7.98. The number of hydrogen-bond donors (Lipinski definition) is 1. The summed E-state index contributed by atoms with van der Waals surface area (Å²) in [5.74, 6) is -1.05. The average molecular weight is 399 g/mol. The van der Waals surface area contributed by atoms with Gasteiger partial charge in [-0.3, -0.25) is 4.79 Å². The summed E-state index contributed by atoms with van der Waals surface area (Å²) >= 11 is 1.56. The standard InChI is InChI=1S/C23H26O4S/c1-3-4-5-6-7-8-9-15-12-18-21(24)17-14-16(23(25)26)10-11-19(17)27-22(18)20(13-15)28-2/h10-14H,3-9H2,1-2H3,(H,25,26). The zero-order valence-corrected chi connectivity index (χ0v) is 17.2. The third-order valence-electron chi connectivity index (χ3n) is 5.08. The predicted molar refractivity (Wildman–Crippen MR) is 116 cm³/mol. The minimum atomic E-state index is -1.05. The molecule has 0 saturated carbocycles. The number of aromatic carboxylic acids is 1. The predicted octanol–water partition coefficient (Wildman–Crippen LogP) is 6.27. The molecule has 0 fully saturated rings. The number of fused-ring (bicyclic) bond motifs is 2. The maximum absolute atomic E-state index is 13.1. The summed E-state index contributed by atoms with van der Waals surface area (Å²) in [5.41, 5.74) is 2.06. The fraction of sp³-hybridized carbons (Fsp3) is 0.391. The van der Waals surface area contributed by atoms with Gasteiger partial charge < -0.3 is 9.52 Å². The van der Waals surface area contributed by atoms with Gasteiger partial charge >= 0.3 is 5.97 Å². The quantitative estimate of drug-likeness (QED) is 0.261. The van der Waals surface area contributed by atoms with Crippen LogP contribution in [0.3, 0.4) is 0 Å². The van der Waals surface area contributed by atoms with Gasteiger partial charge in [-0.1, -0.05) is 39.0 Å². The number of aryl methyl sites for hydroxylation is 1. The Labute approximate surface area is 168 Å². The lowest BCUT2D eigenvalue weighted by molar-refractivity contribution is 0.0697. The summed E-state index contributed by atoms with van der Waals surface area (Å²) in [7, 11) is 0. The first-order chi connectivity index (χ1) is 13.5. The van der Waals surface area contributed by atoms with E-state index in [1.165, 1.54) is 44.2 Å². The van der Waals surface area contributed by atoms with Crippen LogP contribution >= 0.6 is 11.8 Å². The molecule has 28 heavy (non-hydrogen) atoms. The number of thioether (sulfide) groups is 1. The smallest absolute Gasteiger partial charge is 0.335 e. The van der Waals surface area contributed by atoms with Crippen molar-refractivity contribution in [1.82, 2.24) is 0 Å². The largest absolute Gasteiger partial charge is 0.478 e. The molecule has 0 aliphatic carbocycles. The molecular weight excluding hydrogens is 372 g/mol. The number of carboxylic acids is 1. The number of carboxylic acid groups (broad SMARTS) is 1. The molecule has 0 radical (unpaired) electrons. The topological polar surface area (TPSA) is 67.5 Å². The molecular formula is C23H26O4S. The summed E-state index contributed by atoms with van der Waals surface area (Å²) in [4.78, 5) is 25.3. The fourth-order valence-electron chi connectivity index (χ4n) is 3.52. The monoisotopic (exact) mass is 398 g/mol. The minimum Gasteiger partial charge on any atom is -0.478 e. The molecule has 1 N–H and O–H groups in total. The Morgan fingerprint density at radius 1 is 1.04 bits per heavy atom. The highest BCUT2D eigenvalue weighted by Crippen LogP contribution is 2.30. The first-order valence-electron chi connectivity index (χ1n) is 9.86. The lowest BCUT2D eigenvalue weighted by Crippen LogP contribution is -2.06. The molecule has 0 saturated heterocycles. The van der Waals surface area contributed by atoms with Crippen molar-refractivity contribution < 1.29 is 14.3 Å². The first kappa shape index (κ1) is 20.5. The SMILES string of the molecule is CCCCCCCCc1cc(SC)c2oc3ccc(C(=O)O)cc3c(=O)c2c1. The van der Waals surface area contributed by atoms with Gasteiger partial charge in [0.15, 0.2) is 5.58 Å². The van der Waals surface area contributed by atoms with Gasteiger partial charge in [-0.25, -0.2) is 4.79 Å². The molecule has 3 aromatic rings. The summed E-state index contributed by atoms with van der Waals surface area (Å²) in [6.07, 6.45) is 10.3. The van der Waals surface area contributed by atoms with Gasteiger partial charge in [-0.05, 0) is 55.0 Å². The minimum absolute atomic E-state index is 0.0903. The van der Waals surface area contributed by atoms with Gasteiger partial charge in [-0.2, -0.15) is 0 Å². The van der Waals surface area contributed by atoms with E-state index in [9.17, 15) is 14.7 Å². The molecule has 0 aliphatic rings. The van der Waals surface area contributed by atoms with Crippen LogP contribution < -0.4 is 5.43 Å². The second-order valence-corrected chi connectivity index (χ2v) is 7.99. The van der Waals surface area contributed by atoms with Crippen LogP contribution in [0.2, 0.25) is 0 Å². The average Bonchev–Trinajstić information content (AvgIpc) is 2.70. The van der Waals surface area contributed by atoms with Crippen LogP contribution in [0.1, 0.15) is 61.4 Å². The van der Waals surface area contributed by atoms with E-state index in [0.29, 0.717) is 21.9 Å². The van der Waals surface area contributed by atoms with Crippen molar-refractivity contribution in [3.63, 3.8) is 0 Å². The number of rotatable bonds is 9. The lowest BCUT2D eigenvalue weighted by Gasteiger charge is -2.09. The summed E-state index contributed by atoms with van der Waals surface area (Å²) in [6.45, 7) is 2.22. The molecule has 1 aromatic heterocycles. The molecule has 148 valence electrons. The van der Waals surface area contributed by atoms with E-state index in [4.69, 9.17) is 4.42 Å². The highest BCUT2D eigenvalue weighted by Gasteiger charge is 2.14. The van der Waals surface area contributed by atoms with Gasteiger partial charge in [-0.15, -0.1) is 11.8 Å². The van der Waals surface area contributed by atoms with Crippen LogP contribution in [0.5, 0.6) is 0 Å². The summed E-state index contributed by atoms with van der Waals surface area (Å²) in [6, 6.07) is 8.46. The number of hydrogen-bond acceptors (Lipinski definition) is 4. The zero-order valence-electron chi connectivity index (χ0n) is 16.4. The van der Waals surface area contributed by atoms with Crippen LogP contribution in [0.15, 0.2) is 44.4 Å². The van der Waals surface area contributed by atoms with Gasteiger partial charge in [0, 0.05) is 0 Å². The molecule has 1 heterocycles. The van der Waals surface area contributed by atoms with Crippen LogP contribution in [0.4, 0.5) is 0 Å². The van der Waals surface area contributed by atoms with E-state index >= 15 is 0 Å². The Morgan fingerprint density at radius 2 is 1.79 bits per heavy atom. The van der Waals surface area contributed by atoms with Crippen LogP contribution in [-0.4, -0.2) is 17.3 Å². The molecule has 0 atom stereocenters. The van der Waals surface area contributed by atoms with E-state index in [1.807, 2.05) is 12.3 Å². The summed E-state index contributed by atoms with van der Waals surface area (Å²) in [5, 5.41) is 10.1. The van der Waals surface area contributed by atoms with Crippen LogP contribution in [0, 0.1) is 0 Å². The molecule has 5 heteroatoms. The van der Waals surface area contributed by atoms with Crippen molar-refractivity contribution in [3.8, 4) is 0 Å². The molecule has 2 aromatic carbocycles. The van der Waals surface area contributed by atoms with Crippen molar-refractivity contribution in [2.75, 3.05) is 6.26 Å². The highest BCUT2D eigenvalue weighted by atomic mass is 32.2. The number of unbranched alkanes of at least 4 members (excludes halogenated alkanes) is 5. The van der Waals surface area contributed by atoms with Gasteiger partial charge in [0.05, 0.1) is 21.2 Å². The Kier molecular flexibility index (Phi) is 6.79. The van der Waals surface area contributed by atoms with Crippen molar-refractivity contribution in [2.45, 2.75) is 56.8 Å². The van der Waals surface area contributed by atoms with E-state index in [2.05, 4.69) is 13.0 Å². The molecule has 0 spiro atoms. The Bertz CT molecular complexity index is 1050. The fourth-order valence-corrected chi connectivity index (χ4v) is 4.13. The molecule has 0 amide bonds. The van der Waals surface area contributed by atoms with E-state index in [-0.39, 0.29) is 11.0 Å². The second-order valence-electron chi connectivity index (χ2n) is 7.14. The van der Waals surface area contributed by atoms with Crippen molar-refractivity contribution in [3.05, 3.63) is 51.7 Å². The number of benzene rings is 2. The maximum atomic E-state index is 13.1. The Balaban J connectivity index is 1.97. The maximum Gasteiger partial charge on any atom is 0.335 e. The van der Waals surface area contributed by atoms with Crippen LogP contribution in [0.25, 0.3) is 21.9 Å². The van der Waals surface area contributed by atoms with E-state index in [0.717, 1.165) is 23.3 Å². The molecule has 4 nitrogen and oxygen atoms in total. The van der Waals surface area contributed by atoms with Gasteiger partial charge in [0.2, 0.25) is 5.43 Å². The Hall–Kier alpha value is -2.27. The Morgan fingerprint density at radius 3 is 2.50 bits per heavy atom. The van der Waals surface area contributed by atoms with Gasteiger partial charge in [0.25, 0.3) is 0 Å². The lowest BCUT2D eigenvalue weighted by atomic mass is 10.0. The third kappa shape index (κ3) is 4.41. The second kappa shape index (κ2) is 9.28. The molecule has 0 unspecified atom stereocenters. The summed E-state index contributed by atoms with van der Waals surface area (Å²) < 4.78 is 5.99. The van der Waals surface area contributed by atoms with Crippen molar-refractivity contribution >= 4 is 39.7 Å².